The molecule has 0 aliphatic heterocycles. The lowest BCUT2D eigenvalue weighted by Gasteiger charge is -2.10. The van der Waals surface area contributed by atoms with Crippen LogP contribution < -0.4 is 16.0 Å². The lowest BCUT2D eigenvalue weighted by molar-refractivity contribution is -0.114. The molecule has 0 spiro atoms. The summed E-state index contributed by atoms with van der Waals surface area (Å²) in [7, 11) is 0. The van der Waals surface area contributed by atoms with Gasteiger partial charge in [-0.05, 0) is 48.4 Å². The highest BCUT2D eigenvalue weighted by Gasteiger charge is 2.02. The van der Waals surface area contributed by atoms with E-state index in [0.29, 0.717) is 18.3 Å². The summed E-state index contributed by atoms with van der Waals surface area (Å²) in [6.45, 7) is 2.17. The molecule has 27 heavy (non-hydrogen) atoms. The summed E-state index contributed by atoms with van der Waals surface area (Å²) >= 11 is 6.00. The van der Waals surface area contributed by atoms with Gasteiger partial charge in [-0.1, -0.05) is 29.8 Å². The van der Waals surface area contributed by atoms with E-state index in [1.54, 1.807) is 12.3 Å². The summed E-state index contributed by atoms with van der Waals surface area (Å²) in [5, 5.41) is 9.92. The second-order valence-corrected chi connectivity index (χ2v) is 6.40. The molecule has 1 aromatic heterocycles. The molecule has 138 valence electrons. The van der Waals surface area contributed by atoms with Crippen molar-refractivity contribution in [3.05, 3.63) is 71.4 Å². The van der Waals surface area contributed by atoms with Crippen LogP contribution in [-0.4, -0.2) is 22.4 Å². The van der Waals surface area contributed by atoms with Gasteiger partial charge in [0.25, 0.3) is 0 Å². The SMILES string of the molecule is CC(=O)Nc1cccc(Nc2ccnc(NCCc3cccc(Cl)c3)n2)c1. The van der Waals surface area contributed by atoms with Crippen molar-refractivity contribution < 1.29 is 4.79 Å². The van der Waals surface area contributed by atoms with Crippen LogP contribution in [0.3, 0.4) is 0 Å². The zero-order valence-electron chi connectivity index (χ0n) is 14.9. The number of carbonyl (C=O) groups excluding carboxylic acids is 1. The summed E-state index contributed by atoms with van der Waals surface area (Å²) in [4.78, 5) is 19.9. The number of anilines is 4. The number of amides is 1. The minimum atomic E-state index is -0.111. The minimum absolute atomic E-state index is 0.111. The molecule has 3 aromatic rings. The van der Waals surface area contributed by atoms with Gasteiger partial charge in [0.1, 0.15) is 5.82 Å². The van der Waals surface area contributed by atoms with Crippen molar-refractivity contribution in [2.45, 2.75) is 13.3 Å². The second kappa shape index (κ2) is 9.00. The van der Waals surface area contributed by atoms with Crippen LogP contribution >= 0.6 is 11.6 Å². The number of hydrogen-bond acceptors (Lipinski definition) is 5. The second-order valence-electron chi connectivity index (χ2n) is 5.96. The van der Waals surface area contributed by atoms with Gasteiger partial charge >= 0.3 is 0 Å². The topological polar surface area (TPSA) is 78.9 Å². The number of nitrogens with one attached hydrogen (secondary N) is 3. The molecule has 0 unspecified atom stereocenters. The van der Waals surface area contributed by atoms with Crippen molar-refractivity contribution in [2.24, 2.45) is 0 Å². The molecule has 0 saturated heterocycles. The highest BCUT2D eigenvalue weighted by molar-refractivity contribution is 6.30. The number of aromatic nitrogens is 2. The molecule has 0 aliphatic rings. The van der Waals surface area contributed by atoms with E-state index in [2.05, 4.69) is 25.9 Å². The van der Waals surface area contributed by atoms with E-state index in [1.807, 2.05) is 48.5 Å². The van der Waals surface area contributed by atoms with Crippen molar-refractivity contribution in [2.75, 3.05) is 22.5 Å². The van der Waals surface area contributed by atoms with Crippen LogP contribution in [0.4, 0.5) is 23.1 Å². The van der Waals surface area contributed by atoms with Gasteiger partial charge in [0.05, 0.1) is 0 Å². The summed E-state index contributed by atoms with van der Waals surface area (Å²) in [5.74, 6) is 1.09. The van der Waals surface area contributed by atoms with Crippen LogP contribution in [0.25, 0.3) is 0 Å². The summed E-state index contributed by atoms with van der Waals surface area (Å²) < 4.78 is 0. The normalized spacial score (nSPS) is 10.3. The van der Waals surface area contributed by atoms with Gasteiger partial charge in [-0.2, -0.15) is 4.98 Å². The Labute approximate surface area is 163 Å². The van der Waals surface area contributed by atoms with E-state index in [4.69, 9.17) is 11.6 Å². The zero-order valence-corrected chi connectivity index (χ0v) is 15.6. The van der Waals surface area contributed by atoms with Crippen molar-refractivity contribution in [1.29, 1.82) is 0 Å². The smallest absolute Gasteiger partial charge is 0.224 e. The van der Waals surface area contributed by atoms with Crippen LogP contribution in [0.5, 0.6) is 0 Å². The Balaban J connectivity index is 1.59. The van der Waals surface area contributed by atoms with E-state index in [1.165, 1.54) is 6.92 Å². The van der Waals surface area contributed by atoms with Gasteiger partial charge in [-0.3, -0.25) is 4.79 Å². The first-order valence-electron chi connectivity index (χ1n) is 8.54. The number of nitrogens with zero attached hydrogens (tertiary/aromatic N) is 2. The molecule has 0 aliphatic carbocycles. The highest BCUT2D eigenvalue weighted by Crippen LogP contribution is 2.19. The van der Waals surface area contributed by atoms with E-state index in [9.17, 15) is 4.79 Å². The van der Waals surface area contributed by atoms with Crippen LogP contribution in [0.2, 0.25) is 5.02 Å². The standard InChI is InChI=1S/C20H20ClN5O/c1-14(27)24-17-6-3-7-18(13-17)25-19-9-11-23-20(26-19)22-10-8-15-4-2-5-16(21)12-15/h2-7,9,11-13H,8,10H2,1H3,(H,24,27)(H2,22,23,25,26). The van der Waals surface area contributed by atoms with Gasteiger partial charge in [-0.25, -0.2) is 4.98 Å². The molecule has 3 rings (SSSR count). The fourth-order valence-corrected chi connectivity index (χ4v) is 2.76. The number of hydrogen-bond donors (Lipinski definition) is 3. The molecule has 0 fully saturated rings. The number of carbonyl (C=O) groups is 1. The van der Waals surface area contributed by atoms with Crippen LogP contribution in [0.15, 0.2) is 60.8 Å². The van der Waals surface area contributed by atoms with Crippen LogP contribution in [0.1, 0.15) is 12.5 Å². The van der Waals surface area contributed by atoms with Crippen molar-refractivity contribution in [3.63, 3.8) is 0 Å². The first kappa shape index (κ1) is 18.7. The van der Waals surface area contributed by atoms with E-state index in [0.717, 1.165) is 28.4 Å². The fraction of sp³-hybridized carbons (Fsp3) is 0.150. The number of benzene rings is 2. The molecule has 0 bridgehead atoms. The summed E-state index contributed by atoms with van der Waals surface area (Å²) in [5.41, 5.74) is 2.70. The lowest BCUT2D eigenvalue weighted by Crippen LogP contribution is -2.09. The third-order valence-corrected chi connectivity index (χ3v) is 3.93. The van der Waals surface area contributed by atoms with Crippen molar-refractivity contribution in [3.8, 4) is 0 Å². The molecule has 0 radical (unpaired) electrons. The highest BCUT2D eigenvalue weighted by atomic mass is 35.5. The Hall–Kier alpha value is -3.12. The molecular formula is C20H20ClN5O. The average molecular weight is 382 g/mol. The first-order chi connectivity index (χ1) is 13.1. The number of rotatable bonds is 7. The van der Waals surface area contributed by atoms with Gasteiger partial charge in [0, 0.05) is 36.1 Å². The Morgan fingerprint density at radius 3 is 2.70 bits per heavy atom. The van der Waals surface area contributed by atoms with Gasteiger partial charge in [0.2, 0.25) is 11.9 Å². The molecule has 3 N–H and O–H groups in total. The largest absolute Gasteiger partial charge is 0.354 e. The Bertz CT molecular complexity index is 932. The molecule has 0 atom stereocenters. The molecular weight excluding hydrogens is 362 g/mol. The summed E-state index contributed by atoms with van der Waals surface area (Å²) in [6.07, 6.45) is 2.51. The Morgan fingerprint density at radius 2 is 1.89 bits per heavy atom. The van der Waals surface area contributed by atoms with Crippen LogP contribution in [-0.2, 0) is 11.2 Å². The fourth-order valence-electron chi connectivity index (χ4n) is 2.55. The quantitative estimate of drug-likeness (QED) is 0.562. The lowest BCUT2D eigenvalue weighted by atomic mass is 10.1. The molecule has 0 saturated carbocycles. The van der Waals surface area contributed by atoms with Crippen molar-refractivity contribution >= 4 is 40.6 Å². The summed E-state index contributed by atoms with van der Waals surface area (Å²) in [6, 6.07) is 17.0. The molecule has 1 amide bonds. The van der Waals surface area contributed by atoms with Gasteiger partial charge in [-0.15, -0.1) is 0 Å². The van der Waals surface area contributed by atoms with E-state index >= 15 is 0 Å². The third kappa shape index (κ3) is 5.97. The van der Waals surface area contributed by atoms with E-state index < -0.39 is 0 Å². The maximum Gasteiger partial charge on any atom is 0.224 e. The molecule has 7 heteroatoms. The maximum absolute atomic E-state index is 11.2. The Kier molecular flexibility index (Phi) is 6.22. The number of halogens is 1. The van der Waals surface area contributed by atoms with Gasteiger partial charge in [0.15, 0.2) is 0 Å². The monoisotopic (exact) mass is 381 g/mol. The molecule has 6 nitrogen and oxygen atoms in total. The molecule has 2 aromatic carbocycles. The van der Waals surface area contributed by atoms with E-state index in [-0.39, 0.29) is 5.91 Å². The Morgan fingerprint density at radius 1 is 1.07 bits per heavy atom. The van der Waals surface area contributed by atoms with Crippen LogP contribution in [0, 0.1) is 0 Å². The third-order valence-electron chi connectivity index (χ3n) is 3.70. The maximum atomic E-state index is 11.2. The first-order valence-corrected chi connectivity index (χ1v) is 8.92. The van der Waals surface area contributed by atoms with Gasteiger partial charge < -0.3 is 16.0 Å². The average Bonchev–Trinajstić information content (AvgIpc) is 2.62. The predicted molar refractivity (Wildman–Crippen MR) is 110 cm³/mol. The minimum Gasteiger partial charge on any atom is -0.354 e. The van der Waals surface area contributed by atoms with Crippen molar-refractivity contribution in [1.82, 2.24) is 9.97 Å². The zero-order chi connectivity index (χ0) is 19.1. The predicted octanol–water partition coefficient (Wildman–Crippen LogP) is 4.49. The molecule has 1 heterocycles.